The standard InChI is InChI=1S/C14H13BrN2O/c1-14(2,8-16)13(18)10-5-6-11(15)9-4-3-7-17-12(9)10/h3-7,13,18H,1-2H3. The quantitative estimate of drug-likeness (QED) is 0.922. The van der Waals surface area contributed by atoms with Crippen molar-refractivity contribution in [3.8, 4) is 6.07 Å². The molecule has 0 saturated heterocycles. The van der Waals surface area contributed by atoms with Crippen LogP contribution in [0.5, 0.6) is 0 Å². The fraction of sp³-hybridized carbons (Fsp3) is 0.286. The Labute approximate surface area is 114 Å². The van der Waals surface area contributed by atoms with Gasteiger partial charge in [0.15, 0.2) is 0 Å². The topological polar surface area (TPSA) is 56.9 Å². The van der Waals surface area contributed by atoms with Crippen molar-refractivity contribution >= 4 is 26.8 Å². The lowest BCUT2D eigenvalue weighted by molar-refractivity contribution is 0.0879. The molecule has 18 heavy (non-hydrogen) atoms. The maximum absolute atomic E-state index is 10.4. The first kappa shape index (κ1) is 13.0. The SMILES string of the molecule is CC(C)(C#N)C(O)c1ccc(Br)c2cccnc12. The van der Waals surface area contributed by atoms with Crippen molar-refractivity contribution in [3.63, 3.8) is 0 Å². The molecule has 3 nitrogen and oxygen atoms in total. The minimum Gasteiger partial charge on any atom is -0.387 e. The molecule has 1 heterocycles. The Morgan fingerprint density at radius 1 is 1.39 bits per heavy atom. The normalized spacial score (nSPS) is 13.3. The Morgan fingerprint density at radius 2 is 2.11 bits per heavy atom. The number of nitriles is 1. The van der Waals surface area contributed by atoms with Gasteiger partial charge in [-0.25, -0.2) is 0 Å². The molecule has 4 heteroatoms. The van der Waals surface area contributed by atoms with Crippen LogP contribution < -0.4 is 0 Å². The molecule has 1 unspecified atom stereocenters. The number of nitrogens with zero attached hydrogens (tertiary/aromatic N) is 2. The number of benzene rings is 1. The van der Waals surface area contributed by atoms with Crippen LogP contribution in [-0.4, -0.2) is 10.1 Å². The van der Waals surface area contributed by atoms with Gasteiger partial charge in [0.1, 0.15) is 0 Å². The number of aromatic nitrogens is 1. The van der Waals surface area contributed by atoms with E-state index in [0.29, 0.717) is 5.56 Å². The van der Waals surface area contributed by atoms with Gasteiger partial charge in [0.2, 0.25) is 0 Å². The highest BCUT2D eigenvalue weighted by molar-refractivity contribution is 9.10. The molecular formula is C14H13BrN2O. The van der Waals surface area contributed by atoms with E-state index in [9.17, 15) is 5.11 Å². The predicted molar refractivity (Wildman–Crippen MR) is 73.8 cm³/mol. The molecule has 0 aliphatic heterocycles. The maximum Gasteiger partial charge on any atom is 0.0991 e. The van der Waals surface area contributed by atoms with Crippen molar-refractivity contribution in [1.29, 1.82) is 5.26 Å². The number of halogens is 1. The van der Waals surface area contributed by atoms with Crippen LogP contribution in [0.3, 0.4) is 0 Å². The molecule has 1 aromatic carbocycles. The fourth-order valence-electron chi connectivity index (χ4n) is 1.83. The first-order chi connectivity index (χ1) is 8.47. The monoisotopic (exact) mass is 304 g/mol. The van der Waals surface area contributed by atoms with Crippen molar-refractivity contribution < 1.29 is 5.11 Å². The molecule has 2 rings (SSSR count). The third kappa shape index (κ3) is 2.12. The van der Waals surface area contributed by atoms with Crippen LogP contribution in [0.4, 0.5) is 0 Å². The second-order valence-corrected chi connectivity index (χ2v) is 5.63. The molecule has 0 amide bonds. The Bertz CT molecular complexity index is 631. The van der Waals surface area contributed by atoms with Crippen LogP contribution in [0.25, 0.3) is 10.9 Å². The maximum atomic E-state index is 10.4. The van der Waals surface area contributed by atoms with Crippen LogP contribution in [0.1, 0.15) is 25.5 Å². The highest BCUT2D eigenvalue weighted by Crippen LogP contribution is 2.37. The molecule has 1 atom stereocenters. The molecule has 0 fully saturated rings. The van der Waals surface area contributed by atoms with Crippen molar-refractivity contribution in [2.45, 2.75) is 20.0 Å². The molecule has 1 aromatic heterocycles. The Balaban J connectivity index is 2.67. The lowest BCUT2D eigenvalue weighted by Gasteiger charge is -2.24. The number of aliphatic hydroxyl groups excluding tert-OH is 1. The van der Waals surface area contributed by atoms with E-state index in [1.54, 1.807) is 20.0 Å². The number of hydrogen-bond acceptors (Lipinski definition) is 3. The van der Waals surface area contributed by atoms with Gasteiger partial charge in [-0.15, -0.1) is 0 Å². The summed E-state index contributed by atoms with van der Waals surface area (Å²) >= 11 is 3.46. The summed E-state index contributed by atoms with van der Waals surface area (Å²) < 4.78 is 0.927. The van der Waals surface area contributed by atoms with E-state index >= 15 is 0 Å². The van der Waals surface area contributed by atoms with Crippen LogP contribution in [0.2, 0.25) is 0 Å². The van der Waals surface area contributed by atoms with Crippen molar-refractivity contribution in [2.24, 2.45) is 5.41 Å². The van der Waals surface area contributed by atoms with E-state index < -0.39 is 11.5 Å². The Morgan fingerprint density at radius 3 is 2.78 bits per heavy atom. The second kappa shape index (κ2) is 4.68. The number of rotatable bonds is 2. The van der Waals surface area contributed by atoms with Crippen LogP contribution in [0, 0.1) is 16.7 Å². The smallest absolute Gasteiger partial charge is 0.0991 e. The zero-order valence-electron chi connectivity index (χ0n) is 10.2. The summed E-state index contributed by atoms with van der Waals surface area (Å²) in [6, 6.07) is 9.59. The lowest BCUT2D eigenvalue weighted by Crippen LogP contribution is -2.20. The molecule has 0 aliphatic rings. The van der Waals surface area contributed by atoms with E-state index in [0.717, 1.165) is 15.4 Å². The molecular weight excluding hydrogens is 292 g/mol. The molecule has 0 aliphatic carbocycles. The third-order valence-corrected chi connectivity index (χ3v) is 3.71. The van der Waals surface area contributed by atoms with Gasteiger partial charge in [-0.1, -0.05) is 28.1 Å². The van der Waals surface area contributed by atoms with E-state index in [-0.39, 0.29) is 0 Å². The average Bonchev–Trinajstić information content (AvgIpc) is 2.39. The Hall–Kier alpha value is -1.44. The fourth-order valence-corrected chi connectivity index (χ4v) is 2.28. The Kier molecular flexibility index (Phi) is 3.38. The third-order valence-electron chi connectivity index (χ3n) is 3.01. The lowest BCUT2D eigenvalue weighted by atomic mass is 9.83. The highest BCUT2D eigenvalue weighted by Gasteiger charge is 2.30. The number of hydrogen-bond donors (Lipinski definition) is 1. The van der Waals surface area contributed by atoms with Gasteiger partial charge in [0.05, 0.1) is 23.1 Å². The van der Waals surface area contributed by atoms with Crippen molar-refractivity contribution in [1.82, 2.24) is 4.98 Å². The van der Waals surface area contributed by atoms with E-state index in [4.69, 9.17) is 5.26 Å². The summed E-state index contributed by atoms with van der Waals surface area (Å²) in [6.07, 6.45) is 0.817. The van der Waals surface area contributed by atoms with Crippen molar-refractivity contribution in [3.05, 3.63) is 40.5 Å². The van der Waals surface area contributed by atoms with E-state index in [2.05, 4.69) is 27.0 Å². The molecule has 0 bridgehead atoms. The molecule has 0 saturated carbocycles. The van der Waals surface area contributed by atoms with Gasteiger partial charge < -0.3 is 5.11 Å². The van der Waals surface area contributed by atoms with Gasteiger partial charge in [-0.3, -0.25) is 4.98 Å². The van der Waals surface area contributed by atoms with E-state index in [1.807, 2.05) is 24.3 Å². The predicted octanol–water partition coefficient (Wildman–Crippen LogP) is 3.58. The molecule has 1 N–H and O–H groups in total. The summed E-state index contributed by atoms with van der Waals surface area (Å²) in [5, 5.41) is 20.4. The van der Waals surface area contributed by atoms with Crippen LogP contribution >= 0.6 is 15.9 Å². The summed E-state index contributed by atoms with van der Waals surface area (Å²) in [6.45, 7) is 3.43. The minimum absolute atomic E-state index is 0.681. The summed E-state index contributed by atoms with van der Waals surface area (Å²) in [4.78, 5) is 4.31. The van der Waals surface area contributed by atoms with Crippen LogP contribution in [0.15, 0.2) is 34.9 Å². The van der Waals surface area contributed by atoms with Crippen LogP contribution in [-0.2, 0) is 0 Å². The number of pyridine rings is 1. The zero-order chi connectivity index (χ0) is 13.3. The summed E-state index contributed by atoms with van der Waals surface area (Å²) in [5.74, 6) is 0. The molecule has 92 valence electrons. The van der Waals surface area contributed by atoms with Gasteiger partial charge in [0.25, 0.3) is 0 Å². The van der Waals surface area contributed by atoms with Gasteiger partial charge in [-0.05, 0) is 26.0 Å². The average molecular weight is 305 g/mol. The van der Waals surface area contributed by atoms with Gasteiger partial charge >= 0.3 is 0 Å². The summed E-state index contributed by atoms with van der Waals surface area (Å²) in [5.41, 5.74) is 0.557. The first-order valence-corrected chi connectivity index (χ1v) is 6.39. The van der Waals surface area contributed by atoms with Gasteiger partial charge in [-0.2, -0.15) is 5.26 Å². The zero-order valence-corrected chi connectivity index (χ0v) is 11.8. The molecule has 2 aromatic rings. The number of fused-ring (bicyclic) bond motifs is 1. The summed E-state index contributed by atoms with van der Waals surface area (Å²) in [7, 11) is 0. The number of aliphatic hydroxyl groups is 1. The van der Waals surface area contributed by atoms with Gasteiger partial charge in [0, 0.05) is 21.6 Å². The molecule has 0 spiro atoms. The van der Waals surface area contributed by atoms with Crippen molar-refractivity contribution in [2.75, 3.05) is 0 Å². The minimum atomic E-state index is -0.868. The van der Waals surface area contributed by atoms with E-state index in [1.165, 1.54) is 0 Å². The highest BCUT2D eigenvalue weighted by atomic mass is 79.9. The largest absolute Gasteiger partial charge is 0.387 e. The first-order valence-electron chi connectivity index (χ1n) is 5.60. The molecule has 0 radical (unpaired) electrons. The second-order valence-electron chi connectivity index (χ2n) is 4.77.